The van der Waals surface area contributed by atoms with Crippen LogP contribution in [0.4, 0.5) is 17.6 Å². The first-order chi connectivity index (χ1) is 8.78. The molecule has 19 heavy (non-hydrogen) atoms. The first kappa shape index (κ1) is 15.7. The second-order valence-electron chi connectivity index (χ2n) is 4.41. The Bertz CT molecular complexity index is 342. The molecule has 0 unspecified atom stereocenters. The van der Waals surface area contributed by atoms with Gasteiger partial charge in [0.15, 0.2) is 0 Å². The molecular formula is C11H16F4N2O2. The molecule has 1 heterocycles. The number of piperidine rings is 1. The highest BCUT2D eigenvalue weighted by molar-refractivity contribution is 5.84. The van der Waals surface area contributed by atoms with E-state index < -0.39 is 18.3 Å². The van der Waals surface area contributed by atoms with E-state index in [2.05, 4.69) is 5.32 Å². The van der Waals surface area contributed by atoms with Crippen molar-refractivity contribution in [2.45, 2.75) is 44.6 Å². The van der Waals surface area contributed by atoms with E-state index in [1.54, 1.807) is 6.92 Å². The largest absolute Gasteiger partial charge is 0.383 e. The van der Waals surface area contributed by atoms with E-state index in [4.69, 9.17) is 0 Å². The molecule has 0 aromatic heterocycles. The lowest BCUT2D eigenvalue weighted by atomic mass is 10.0. The van der Waals surface area contributed by atoms with Crippen molar-refractivity contribution in [2.24, 2.45) is 0 Å². The third kappa shape index (κ3) is 3.81. The van der Waals surface area contributed by atoms with Gasteiger partial charge in [-0.25, -0.2) is 8.78 Å². The summed E-state index contributed by atoms with van der Waals surface area (Å²) in [5.74, 6) is -6.65. The fourth-order valence-corrected chi connectivity index (χ4v) is 1.86. The van der Waals surface area contributed by atoms with Gasteiger partial charge in [-0.15, -0.1) is 0 Å². The summed E-state index contributed by atoms with van der Waals surface area (Å²) in [6.07, 6.45) is -3.12. The summed E-state index contributed by atoms with van der Waals surface area (Å²) >= 11 is 0. The molecule has 1 aliphatic rings. The van der Waals surface area contributed by atoms with Crippen molar-refractivity contribution in [1.29, 1.82) is 0 Å². The Morgan fingerprint density at radius 1 is 1.32 bits per heavy atom. The zero-order valence-corrected chi connectivity index (χ0v) is 10.5. The fraction of sp³-hybridized carbons (Fsp3) is 0.818. The van der Waals surface area contributed by atoms with E-state index >= 15 is 0 Å². The van der Waals surface area contributed by atoms with Gasteiger partial charge in [-0.3, -0.25) is 9.59 Å². The SMILES string of the molecule is CCC(=O)NC1CCN(C(=O)C(F)(F)C(F)F)CC1. The molecule has 0 aromatic rings. The van der Waals surface area contributed by atoms with Gasteiger partial charge >= 0.3 is 12.3 Å². The van der Waals surface area contributed by atoms with E-state index in [-0.39, 0.29) is 37.9 Å². The van der Waals surface area contributed by atoms with Crippen LogP contribution in [0.15, 0.2) is 0 Å². The molecule has 1 rings (SSSR count). The van der Waals surface area contributed by atoms with Gasteiger partial charge in [0.05, 0.1) is 0 Å². The molecule has 0 aromatic carbocycles. The predicted octanol–water partition coefficient (Wildman–Crippen LogP) is 1.40. The summed E-state index contributed by atoms with van der Waals surface area (Å²) in [7, 11) is 0. The minimum absolute atomic E-state index is 0.0597. The highest BCUT2D eigenvalue weighted by atomic mass is 19.3. The molecule has 110 valence electrons. The van der Waals surface area contributed by atoms with E-state index in [0.717, 1.165) is 4.90 Å². The maximum atomic E-state index is 12.9. The van der Waals surface area contributed by atoms with Crippen LogP contribution in [0.25, 0.3) is 0 Å². The molecule has 1 N–H and O–H groups in total. The maximum absolute atomic E-state index is 12.9. The van der Waals surface area contributed by atoms with Gasteiger partial charge in [0, 0.05) is 25.6 Å². The molecule has 0 spiro atoms. The molecule has 1 saturated heterocycles. The van der Waals surface area contributed by atoms with Crippen molar-refractivity contribution in [2.75, 3.05) is 13.1 Å². The summed E-state index contributed by atoms with van der Waals surface area (Å²) in [6.45, 7) is 1.56. The molecule has 8 heteroatoms. The van der Waals surface area contributed by atoms with E-state index in [1.807, 2.05) is 0 Å². The minimum atomic E-state index is -4.64. The molecule has 2 amide bonds. The number of rotatable bonds is 4. The van der Waals surface area contributed by atoms with Crippen molar-refractivity contribution < 1.29 is 27.2 Å². The van der Waals surface area contributed by atoms with Crippen molar-refractivity contribution >= 4 is 11.8 Å². The number of nitrogens with zero attached hydrogens (tertiary/aromatic N) is 1. The van der Waals surface area contributed by atoms with E-state index in [1.165, 1.54) is 0 Å². The van der Waals surface area contributed by atoms with Gasteiger partial charge < -0.3 is 10.2 Å². The normalized spacial score (nSPS) is 17.7. The molecule has 0 bridgehead atoms. The van der Waals surface area contributed by atoms with Crippen LogP contribution in [0.2, 0.25) is 0 Å². The van der Waals surface area contributed by atoms with Crippen LogP contribution in [-0.2, 0) is 9.59 Å². The number of amides is 2. The fourth-order valence-electron chi connectivity index (χ4n) is 1.86. The average molecular weight is 284 g/mol. The Hall–Kier alpha value is -1.34. The monoisotopic (exact) mass is 284 g/mol. The molecule has 1 aliphatic heterocycles. The first-order valence-corrected chi connectivity index (χ1v) is 6.03. The van der Waals surface area contributed by atoms with Gasteiger partial charge in [-0.2, -0.15) is 8.78 Å². The maximum Gasteiger partial charge on any atom is 0.383 e. The summed E-state index contributed by atoms with van der Waals surface area (Å²) in [5.41, 5.74) is 0. The van der Waals surface area contributed by atoms with Crippen LogP contribution in [-0.4, -0.2) is 48.2 Å². The Kier molecular flexibility index (Phi) is 5.13. The molecular weight excluding hydrogens is 268 g/mol. The zero-order valence-electron chi connectivity index (χ0n) is 10.5. The lowest BCUT2D eigenvalue weighted by molar-refractivity contribution is -0.181. The zero-order chi connectivity index (χ0) is 14.6. The smallest absolute Gasteiger partial charge is 0.353 e. The highest BCUT2D eigenvalue weighted by Gasteiger charge is 2.51. The van der Waals surface area contributed by atoms with Crippen LogP contribution < -0.4 is 5.32 Å². The Labute approximate surface area is 108 Å². The summed E-state index contributed by atoms with van der Waals surface area (Å²) < 4.78 is 49.9. The second kappa shape index (κ2) is 6.21. The number of hydrogen-bond acceptors (Lipinski definition) is 2. The van der Waals surface area contributed by atoms with Gasteiger partial charge in [-0.05, 0) is 12.8 Å². The molecule has 1 fully saturated rings. The van der Waals surface area contributed by atoms with Gasteiger partial charge in [0.2, 0.25) is 5.91 Å². The third-order valence-corrected chi connectivity index (χ3v) is 3.03. The Morgan fingerprint density at radius 3 is 2.26 bits per heavy atom. The lowest BCUT2D eigenvalue weighted by Crippen LogP contribution is -2.53. The average Bonchev–Trinajstić information content (AvgIpc) is 2.38. The quantitative estimate of drug-likeness (QED) is 0.793. The number of carbonyl (C=O) groups excluding carboxylic acids is 2. The lowest BCUT2D eigenvalue weighted by Gasteiger charge is -2.34. The topological polar surface area (TPSA) is 49.4 Å². The number of hydrogen-bond donors (Lipinski definition) is 1. The molecule has 4 nitrogen and oxygen atoms in total. The predicted molar refractivity (Wildman–Crippen MR) is 59.0 cm³/mol. The van der Waals surface area contributed by atoms with Crippen LogP contribution in [0.3, 0.4) is 0 Å². The van der Waals surface area contributed by atoms with Crippen molar-refractivity contribution in [3.8, 4) is 0 Å². The van der Waals surface area contributed by atoms with E-state index in [9.17, 15) is 27.2 Å². The van der Waals surface area contributed by atoms with Crippen LogP contribution in [0, 0.1) is 0 Å². The van der Waals surface area contributed by atoms with Crippen LogP contribution in [0.5, 0.6) is 0 Å². The van der Waals surface area contributed by atoms with Gasteiger partial charge in [-0.1, -0.05) is 6.92 Å². The minimum Gasteiger partial charge on any atom is -0.353 e. The van der Waals surface area contributed by atoms with Crippen LogP contribution >= 0.6 is 0 Å². The molecule has 0 radical (unpaired) electrons. The summed E-state index contributed by atoms with van der Waals surface area (Å²) in [4.78, 5) is 23.1. The van der Waals surface area contributed by atoms with Gasteiger partial charge in [0.1, 0.15) is 0 Å². The standard InChI is InChI=1S/C11H16F4N2O2/c1-2-8(18)16-7-3-5-17(6-4-7)10(19)11(14,15)9(12)13/h7,9H,2-6H2,1H3,(H,16,18). The van der Waals surface area contributed by atoms with Crippen molar-refractivity contribution in [3.63, 3.8) is 0 Å². The Morgan fingerprint density at radius 2 is 1.84 bits per heavy atom. The molecule has 0 saturated carbocycles. The van der Waals surface area contributed by atoms with Gasteiger partial charge in [0.25, 0.3) is 5.91 Å². The second-order valence-corrected chi connectivity index (χ2v) is 4.41. The highest BCUT2D eigenvalue weighted by Crippen LogP contribution is 2.26. The third-order valence-electron chi connectivity index (χ3n) is 3.03. The number of alkyl halides is 4. The number of nitrogens with one attached hydrogen (secondary N) is 1. The van der Waals surface area contributed by atoms with Crippen molar-refractivity contribution in [1.82, 2.24) is 10.2 Å². The number of halogens is 4. The number of carbonyl (C=O) groups is 2. The Balaban J connectivity index is 2.50. The first-order valence-electron chi connectivity index (χ1n) is 6.03. The van der Waals surface area contributed by atoms with Crippen LogP contribution in [0.1, 0.15) is 26.2 Å². The molecule has 0 aliphatic carbocycles. The van der Waals surface area contributed by atoms with E-state index in [0.29, 0.717) is 6.42 Å². The molecule has 0 atom stereocenters. The summed E-state index contributed by atoms with van der Waals surface area (Å²) in [6, 6.07) is -0.198. The number of likely N-dealkylation sites (tertiary alicyclic amines) is 1. The summed E-state index contributed by atoms with van der Waals surface area (Å²) in [5, 5.41) is 2.68. The van der Waals surface area contributed by atoms with Crippen molar-refractivity contribution in [3.05, 3.63) is 0 Å².